The molecule has 1 unspecified atom stereocenters. The zero-order valence-corrected chi connectivity index (χ0v) is 13.1. The van der Waals surface area contributed by atoms with E-state index in [0.29, 0.717) is 11.4 Å². The number of hydrogen-bond acceptors (Lipinski definition) is 2. The van der Waals surface area contributed by atoms with E-state index in [1.54, 1.807) is 0 Å². The van der Waals surface area contributed by atoms with Crippen molar-refractivity contribution in [3.05, 3.63) is 16.8 Å². The fraction of sp³-hybridized carbons (Fsp3) is 0.467. The Labute approximate surface area is 128 Å². The van der Waals surface area contributed by atoms with Gasteiger partial charge in [-0.1, -0.05) is 10.9 Å². The quantitative estimate of drug-likeness (QED) is 0.591. The number of nitrogens with zero attached hydrogens (tertiary/aromatic N) is 1. The summed E-state index contributed by atoms with van der Waals surface area (Å²) in [6, 6.07) is 0. The third kappa shape index (κ3) is 1.94. The normalized spacial score (nSPS) is 20.1. The van der Waals surface area contributed by atoms with E-state index in [0.717, 1.165) is 39.9 Å². The molecule has 1 saturated heterocycles. The number of hydrogen-bond donors (Lipinski definition) is 2. The molecule has 0 spiro atoms. The lowest BCUT2D eigenvalue weighted by molar-refractivity contribution is 0.411. The molecule has 0 aliphatic carbocycles. The third-order valence-electron chi connectivity index (χ3n) is 4.59. The summed E-state index contributed by atoms with van der Waals surface area (Å²) in [5.41, 5.74) is 5.95. The van der Waals surface area contributed by atoms with Crippen LogP contribution in [0.25, 0.3) is 10.9 Å². The molecule has 1 aromatic carbocycles. The average Bonchev–Trinajstić information content (AvgIpc) is 2.97. The molecule has 1 aromatic heterocycles. The molecule has 2 aromatic rings. The van der Waals surface area contributed by atoms with Crippen molar-refractivity contribution in [2.75, 3.05) is 20.1 Å². The highest BCUT2D eigenvalue weighted by molar-refractivity contribution is 7.80. The number of fused-ring (bicyclic) bond motifs is 1. The molecule has 1 aliphatic heterocycles. The number of H-pyrrole nitrogens is 1. The number of aromatic amines is 1. The molecule has 1 aliphatic rings. The van der Waals surface area contributed by atoms with Crippen molar-refractivity contribution in [2.45, 2.75) is 31.1 Å². The van der Waals surface area contributed by atoms with Crippen molar-refractivity contribution in [3.8, 4) is 0 Å². The Morgan fingerprint density at radius 3 is 2.55 bits per heavy atom. The minimum absolute atomic E-state index is 0.528. The van der Waals surface area contributed by atoms with E-state index in [2.05, 4.69) is 36.5 Å². The topological polar surface area (TPSA) is 19.0 Å². The molecule has 5 heteroatoms. The first-order valence-corrected chi connectivity index (χ1v) is 7.43. The molecular weight excluding hydrogens is 262 g/mol. The van der Waals surface area contributed by atoms with Crippen LogP contribution in [-0.2, 0) is 0 Å². The van der Waals surface area contributed by atoms with Gasteiger partial charge in [-0.15, -0.1) is 12.6 Å². The average molecular weight is 280 g/mol. The Hall–Kier alpha value is -0.800. The smallest absolute Gasteiger partial charge is 0.118 e. The van der Waals surface area contributed by atoms with Crippen molar-refractivity contribution in [3.63, 3.8) is 0 Å². The zero-order chi connectivity index (χ0) is 14.6. The summed E-state index contributed by atoms with van der Waals surface area (Å²) in [5.74, 6) is 0.528. The van der Waals surface area contributed by atoms with E-state index in [4.69, 9.17) is 15.7 Å². The SMILES string of the molecule is [B]c1c(S)c(C)c([B])c2c(C3CCN(C)C3)c(C)[nH]c12. The van der Waals surface area contributed by atoms with Crippen molar-refractivity contribution in [2.24, 2.45) is 0 Å². The predicted octanol–water partition coefficient (Wildman–Crippen LogP) is 1.08. The number of benzene rings is 1. The van der Waals surface area contributed by atoms with Gasteiger partial charge in [0, 0.05) is 28.6 Å². The van der Waals surface area contributed by atoms with E-state index < -0.39 is 0 Å². The number of thiol groups is 1. The summed E-state index contributed by atoms with van der Waals surface area (Å²) in [6.07, 6.45) is 1.17. The highest BCUT2D eigenvalue weighted by Crippen LogP contribution is 2.34. The fourth-order valence-corrected chi connectivity index (χ4v) is 3.67. The summed E-state index contributed by atoms with van der Waals surface area (Å²) >= 11 is 4.49. The summed E-state index contributed by atoms with van der Waals surface area (Å²) in [4.78, 5) is 6.57. The second-order valence-electron chi connectivity index (χ2n) is 5.96. The second-order valence-corrected chi connectivity index (χ2v) is 6.41. The van der Waals surface area contributed by atoms with Gasteiger partial charge in [0.25, 0.3) is 0 Å². The van der Waals surface area contributed by atoms with Crippen LogP contribution in [0.3, 0.4) is 0 Å². The summed E-state index contributed by atoms with van der Waals surface area (Å²) in [6.45, 7) is 6.31. The molecule has 0 bridgehead atoms. The van der Waals surface area contributed by atoms with Crippen LogP contribution in [-0.4, -0.2) is 45.7 Å². The monoisotopic (exact) mass is 280 g/mol. The van der Waals surface area contributed by atoms with Gasteiger partial charge in [0.2, 0.25) is 0 Å². The van der Waals surface area contributed by atoms with Crippen LogP contribution in [0, 0.1) is 13.8 Å². The van der Waals surface area contributed by atoms with Crippen LogP contribution >= 0.6 is 12.6 Å². The first-order valence-electron chi connectivity index (χ1n) is 6.99. The Bertz CT molecular complexity index is 693. The lowest BCUT2D eigenvalue weighted by Crippen LogP contribution is -2.20. The van der Waals surface area contributed by atoms with E-state index in [1.165, 1.54) is 17.7 Å². The number of aryl methyl sites for hydroxylation is 1. The molecule has 4 radical (unpaired) electrons. The molecule has 1 atom stereocenters. The van der Waals surface area contributed by atoms with E-state index in [-0.39, 0.29) is 0 Å². The summed E-state index contributed by atoms with van der Waals surface area (Å²) in [7, 11) is 14.8. The van der Waals surface area contributed by atoms with Gasteiger partial charge in [-0.25, -0.2) is 0 Å². The molecule has 20 heavy (non-hydrogen) atoms. The first-order chi connectivity index (χ1) is 9.41. The lowest BCUT2D eigenvalue weighted by Gasteiger charge is -2.16. The molecule has 1 N–H and O–H groups in total. The largest absolute Gasteiger partial charge is 0.359 e. The van der Waals surface area contributed by atoms with Gasteiger partial charge in [0.05, 0.1) is 0 Å². The van der Waals surface area contributed by atoms with Gasteiger partial charge in [-0.05, 0) is 50.4 Å². The van der Waals surface area contributed by atoms with Crippen molar-refractivity contribution in [1.82, 2.24) is 9.88 Å². The number of aromatic nitrogens is 1. The third-order valence-corrected chi connectivity index (χ3v) is 5.16. The van der Waals surface area contributed by atoms with Crippen LogP contribution in [0.5, 0.6) is 0 Å². The number of rotatable bonds is 1. The number of likely N-dealkylation sites (tertiary alicyclic amines) is 1. The summed E-state index contributed by atoms with van der Waals surface area (Å²) < 4.78 is 0. The Kier molecular flexibility index (Phi) is 3.46. The van der Waals surface area contributed by atoms with Crippen LogP contribution < -0.4 is 10.9 Å². The maximum Gasteiger partial charge on any atom is 0.118 e. The highest BCUT2D eigenvalue weighted by Gasteiger charge is 2.27. The van der Waals surface area contributed by atoms with Gasteiger partial charge in [-0.3, -0.25) is 0 Å². The zero-order valence-electron chi connectivity index (χ0n) is 12.2. The predicted molar refractivity (Wildman–Crippen MR) is 90.7 cm³/mol. The Morgan fingerprint density at radius 1 is 1.25 bits per heavy atom. The van der Waals surface area contributed by atoms with Crippen molar-refractivity contribution >= 4 is 50.1 Å². The molecule has 1 fully saturated rings. The van der Waals surface area contributed by atoms with Gasteiger partial charge in [0.1, 0.15) is 15.7 Å². The Balaban J connectivity index is 2.30. The molecule has 0 saturated carbocycles. The van der Waals surface area contributed by atoms with Crippen molar-refractivity contribution in [1.29, 1.82) is 0 Å². The van der Waals surface area contributed by atoms with Crippen LogP contribution in [0.15, 0.2) is 4.90 Å². The van der Waals surface area contributed by atoms with Gasteiger partial charge >= 0.3 is 0 Å². The minimum Gasteiger partial charge on any atom is -0.359 e. The fourth-order valence-electron chi connectivity index (χ4n) is 3.44. The highest BCUT2D eigenvalue weighted by atomic mass is 32.1. The molecule has 0 amide bonds. The molecule has 100 valence electrons. The molecule has 3 rings (SSSR count). The van der Waals surface area contributed by atoms with Crippen molar-refractivity contribution < 1.29 is 0 Å². The van der Waals surface area contributed by atoms with E-state index in [9.17, 15) is 0 Å². The van der Waals surface area contributed by atoms with E-state index in [1.807, 2.05) is 6.92 Å². The van der Waals surface area contributed by atoms with Crippen LogP contribution in [0.1, 0.15) is 29.2 Å². The van der Waals surface area contributed by atoms with Gasteiger partial charge in [-0.2, -0.15) is 0 Å². The van der Waals surface area contributed by atoms with Gasteiger partial charge < -0.3 is 9.88 Å². The van der Waals surface area contributed by atoms with Crippen LogP contribution in [0.4, 0.5) is 0 Å². The lowest BCUT2D eigenvalue weighted by atomic mass is 9.79. The maximum atomic E-state index is 6.37. The van der Waals surface area contributed by atoms with E-state index >= 15 is 0 Å². The number of likely N-dealkylation sites (N-methyl/N-ethyl adjacent to an activating group) is 1. The molecular formula is C15H18B2N2S. The summed E-state index contributed by atoms with van der Waals surface area (Å²) in [5, 5.41) is 1.11. The second kappa shape index (κ2) is 4.88. The maximum absolute atomic E-state index is 6.37. The molecule has 2 heterocycles. The minimum atomic E-state index is 0.528. The Morgan fingerprint density at radius 2 is 1.95 bits per heavy atom. The number of nitrogens with one attached hydrogen (secondary N) is 1. The standard InChI is InChI=1S/C15H18B2N2S/c1-7-12(16)11-10(9-4-5-19(3)6-9)8(2)18-14(11)13(17)15(7)20/h9,18,20H,4-6H2,1-3H3. The van der Waals surface area contributed by atoms with Gasteiger partial charge in [0.15, 0.2) is 0 Å². The first kappa shape index (κ1) is 14.2. The van der Waals surface area contributed by atoms with Crippen LogP contribution in [0.2, 0.25) is 0 Å². The molecule has 2 nitrogen and oxygen atoms in total.